The summed E-state index contributed by atoms with van der Waals surface area (Å²) in [5.41, 5.74) is 1.41. The average molecular weight is 558 g/mol. The second kappa shape index (κ2) is 9.44. The van der Waals surface area contributed by atoms with Crippen molar-refractivity contribution in [1.29, 1.82) is 0 Å². The first-order valence-corrected chi connectivity index (χ1v) is 13.9. The smallest absolute Gasteiger partial charge is 0.136 e. The first-order chi connectivity index (χ1) is 25.9. The minimum atomic E-state index is -0.655. The summed E-state index contributed by atoms with van der Waals surface area (Å²) in [5.74, 6) is 0. The molecule has 0 amide bonds. The van der Waals surface area contributed by atoms with Gasteiger partial charge < -0.3 is 4.42 Å². The summed E-state index contributed by atoms with van der Waals surface area (Å²) in [6.07, 6.45) is 0. The normalized spacial score (nSPS) is 15.3. The summed E-state index contributed by atoms with van der Waals surface area (Å²) in [5, 5.41) is 5.18. The molecule has 0 aliphatic rings. The molecule has 8 aromatic carbocycles. The van der Waals surface area contributed by atoms with E-state index in [0.29, 0.717) is 5.56 Å². The summed E-state index contributed by atoms with van der Waals surface area (Å²) in [6.45, 7) is 0. The van der Waals surface area contributed by atoms with Gasteiger partial charge in [0.25, 0.3) is 0 Å². The second-order valence-electron chi connectivity index (χ2n) is 10.4. The zero-order chi connectivity index (χ0) is 37.9. The molecule has 0 bridgehead atoms. The van der Waals surface area contributed by atoms with E-state index in [1.165, 1.54) is 0 Å². The zero-order valence-electron chi connectivity index (χ0n) is 33.6. The Kier molecular flexibility index (Phi) is 3.41. The molecule has 0 saturated heterocycles. The molecular weight excluding hydrogens is 520 g/mol. The van der Waals surface area contributed by atoms with Gasteiger partial charge in [-0.25, -0.2) is 0 Å². The average Bonchev–Trinajstić information content (AvgIpc) is 3.60. The van der Waals surface area contributed by atoms with Gasteiger partial charge >= 0.3 is 0 Å². The molecule has 0 fully saturated rings. The third-order valence-electron chi connectivity index (χ3n) is 8.00. The van der Waals surface area contributed by atoms with E-state index in [9.17, 15) is 4.11 Å². The van der Waals surface area contributed by atoms with Crippen LogP contribution < -0.4 is 0 Å². The largest absolute Gasteiger partial charge is 0.456 e. The standard InChI is InChI=1S/C42H26O/c1-2-11-27(12-3-1)29-21-23-32-33-24-22-30(26-40(33)43-39(32)25-29)41-35-16-6-8-18-37(35)42(38-19-9-7-17-36(38)41)34-20-10-14-28-13-4-5-15-31(28)34/h1-26H/i1D,2D,3D,11D,12D,21D,22D,23D,24D,25D,26D. The minimum Gasteiger partial charge on any atom is -0.456 e. The molecule has 200 valence electrons. The Morgan fingerprint density at radius 1 is 0.395 bits per heavy atom. The van der Waals surface area contributed by atoms with Crippen LogP contribution in [0.1, 0.15) is 15.1 Å². The highest BCUT2D eigenvalue weighted by atomic mass is 16.3. The highest BCUT2D eigenvalue weighted by molar-refractivity contribution is 6.24. The minimum absolute atomic E-state index is 0.0793. The van der Waals surface area contributed by atoms with Gasteiger partial charge in [-0.15, -0.1) is 0 Å². The highest BCUT2D eigenvalue weighted by Crippen LogP contribution is 2.46. The van der Waals surface area contributed by atoms with Crippen molar-refractivity contribution >= 4 is 54.3 Å². The van der Waals surface area contributed by atoms with Gasteiger partial charge in [0.2, 0.25) is 0 Å². The Morgan fingerprint density at radius 2 is 0.930 bits per heavy atom. The molecule has 0 saturated carbocycles. The van der Waals surface area contributed by atoms with Crippen LogP contribution in [-0.2, 0) is 0 Å². The number of fused-ring (bicyclic) bond motifs is 6. The number of rotatable bonds is 3. The van der Waals surface area contributed by atoms with E-state index in [1.54, 1.807) is 0 Å². The molecule has 0 atom stereocenters. The fourth-order valence-electron chi connectivity index (χ4n) is 6.14. The Morgan fingerprint density at radius 3 is 1.60 bits per heavy atom. The van der Waals surface area contributed by atoms with Crippen LogP contribution >= 0.6 is 0 Å². The molecular formula is C42H26O. The van der Waals surface area contributed by atoms with Gasteiger partial charge in [-0.3, -0.25) is 0 Å². The number of benzene rings is 8. The molecule has 0 aliphatic heterocycles. The van der Waals surface area contributed by atoms with Crippen LogP contribution in [0.5, 0.6) is 0 Å². The van der Waals surface area contributed by atoms with E-state index in [-0.39, 0.29) is 45.6 Å². The zero-order valence-corrected chi connectivity index (χ0v) is 22.6. The molecule has 0 unspecified atom stereocenters. The Bertz CT molecular complexity index is 3040. The third kappa shape index (κ3) is 3.72. The number of furan rings is 1. The molecule has 43 heavy (non-hydrogen) atoms. The lowest BCUT2D eigenvalue weighted by Gasteiger charge is -2.18. The van der Waals surface area contributed by atoms with Crippen LogP contribution in [0.4, 0.5) is 0 Å². The number of hydrogen-bond donors (Lipinski definition) is 0. The lowest BCUT2D eigenvalue weighted by molar-refractivity contribution is 0.669. The van der Waals surface area contributed by atoms with E-state index in [4.69, 9.17) is 15.4 Å². The van der Waals surface area contributed by atoms with E-state index in [0.717, 1.165) is 43.4 Å². The predicted molar refractivity (Wildman–Crippen MR) is 183 cm³/mol. The number of hydrogen-bond acceptors (Lipinski definition) is 1. The van der Waals surface area contributed by atoms with Gasteiger partial charge in [0.05, 0.1) is 15.1 Å². The quantitative estimate of drug-likeness (QED) is 0.197. The van der Waals surface area contributed by atoms with Gasteiger partial charge in [-0.2, -0.15) is 0 Å². The first kappa shape index (κ1) is 15.5. The van der Waals surface area contributed by atoms with Gasteiger partial charge in [0.1, 0.15) is 11.2 Å². The Hall–Kier alpha value is -5.66. The van der Waals surface area contributed by atoms with E-state index in [1.807, 2.05) is 66.7 Å². The summed E-state index contributed by atoms with van der Waals surface area (Å²) < 4.78 is 103. The van der Waals surface area contributed by atoms with Crippen molar-refractivity contribution in [2.45, 2.75) is 0 Å². The van der Waals surface area contributed by atoms with Crippen molar-refractivity contribution in [3.05, 3.63) is 157 Å². The highest BCUT2D eigenvalue weighted by Gasteiger charge is 2.19. The summed E-state index contributed by atoms with van der Waals surface area (Å²) >= 11 is 0. The van der Waals surface area contributed by atoms with E-state index in [2.05, 4.69) is 24.3 Å². The Labute approximate surface area is 264 Å². The summed E-state index contributed by atoms with van der Waals surface area (Å²) in [4.78, 5) is 0. The molecule has 0 aliphatic carbocycles. The maximum absolute atomic E-state index is 9.59. The van der Waals surface area contributed by atoms with Crippen molar-refractivity contribution in [1.82, 2.24) is 0 Å². The van der Waals surface area contributed by atoms with Crippen molar-refractivity contribution in [3.8, 4) is 33.4 Å². The second-order valence-corrected chi connectivity index (χ2v) is 10.4. The van der Waals surface area contributed by atoms with Gasteiger partial charge in [-0.05, 0) is 89.9 Å². The lowest BCUT2D eigenvalue weighted by Crippen LogP contribution is -1.91. The van der Waals surface area contributed by atoms with Crippen molar-refractivity contribution in [2.24, 2.45) is 0 Å². The van der Waals surface area contributed by atoms with Crippen LogP contribution in [-0.4, -0.2) is 0 Å². The topological polar surface area (TPSA) is 13.1 Å². The molecule has 0 spiro atoms. The fourth-order valence-corrected chi connectivity index (χ4v) is 6.14. The van der Waals surface area contributed by atoms with Gasteiger partial charge in [0, 0.05) is 10.8 Å². The third-order valence-corrected chi connectivity index (χ3v) is 8.00. The molecule has 0 N–H and O–H groups in total. The first-order valence-electron chi connectivity index (χ1n) is 19.4. The van der Waals surface area contributed by atoms with Crippen molar-refractivity contribution in [3.63, 3.8) is 0 Å². The maximum atomic E-state index is 9.59. The monoisotopic (exact) mass is 557 g/mol. The Balaban J connectivity index is 1.40. The maximum Gasteiger partial charge on any atom is 0.136 e. The lowest BCUT2D eigenvalue weighted by atomic mass is 9.84. The van der Waals surface area contributed by atoms with Crippen LogP contribution in [0.3, 0.4) is 0 Å². The summed E-state index contributed by atoms with van der Waals surface area (Å²) in [6, 6.07) is 24.1. The van der Waals surface area contributed by atoms with Crippen LogP contribution in [0.15, 0.2) is 162 Å². The van der Waals surface area contributed by atoms with Crippen molar-refractivity contribution < 1.29 is 19.5 Å². The van der Waals surface area contributed by atoms with Crippen LogP contribution in [0.25, 0.3) is 87.6 Å². The van der Waals surface area contributed by atoms with E-state index < -0.39 is 59.5 Å². The molecule has 1 aromatic heterocycles. The fraction of sp³-hybridized carbons (Fsp3) is 0. The predicted octanol–water partition coefficient (Wildman–Crippen LogP) is 12.0. The van der Waals surface area contributed by atoms with Gasteiger partial charge in [0.15, 0.2) is 0 Å². The molecule has 9 rings (SSSR count). The molecule has 1 heteroatoms. The van der Waals surface area contributed by atoms with Crippen LogP contribution in [0.2, 0.25) is 0 Å². The SMILES string of the molecule is [2H]c1c([2H])c([2H])c(-c2c([2H])c([2H])c3c(oc4c([2H])c(-c5c6ccccc6c(-c6cccc7ccccc67)c6ccccc56)c([2H])c([2H])c43)c2[2H])c([2H])c1[2H]. The van der Waals surface area contributed by atoms with E-state index >= 15 is 0 Å². The van der Waals surface area contributed by atoms with Gasteiger partial charge in [-0.1, -0.05) is 133 Å². The van der Waals surface area contributed by atoms with Crippen molar-refractivity contribution in [2.75, 3.05) is 0 Å². The summed E-state index contributed by atoms with van der Waals surface area (Å²) in [7, 11) is 0. The molecule has 0 radical (unpaired) electrons. The van der Waals surface area contributed by atoms with Crippen LogP contribution in [0, 0.1) is 0 Å². The molecule has 1 heterocycles. The molecule has 9 aromatic rings. The molecule has 1 nitrogen and oxygen atoms in total.